The van der Waals surface area contributed by atoms with Crippen LogP contribution in [0.3, 0.4) is 0 Å². The number of carbonyl (C=O) groups excluding carboxylic acids is 2. The molecule has 80 valence electrons. The average Bonchev–Trinajstić information content (AvgIpc) is 2.09. The Labute approximate surface area is 84.3 Å². The molecule has 0 rings (SSSR count). The molecule has 0 saturated heterocycles. The van der Waals surface area contributed by atoms with Crippen LogP contribution in [0.5, 0.6) is 0 Å². The summed E-state index contributed by atoms with van der Waals surface area (Å²) in [4.78, 5) is 21.2. The van der Waals surface area contributed by atoms with Crippen molar-refractivity contribution in [3.63, 3.8) is 0 Å². The van der Waals surface area contributed by atoms with Gasteiger partial charge in [-0.3, -0.25) is 9.59 Å². The van der Waals surface area contributed by atoms with E-state index in [4.69, 9.17) is 11.5 Å². The lowest BCUT2D eigenvalue weighted by Crippen LogP contribution is -2.14. The molecule has 14 heavy (non-hydrogen) atoms. The fourth-order valence-electron chi connectivity index (χ4n) is 1.12. The lowest BCUT2D eigenvalue weighted by atomic mass is 10.0. The zero-order valence-electron chi connectivity index (χ0n) is 8.58. The molecule has 4 nitrogen and oxygen atoms in total. The molecule has 0 fully saturated rings. The Bertz CT molecular complexity index is 234. The Hall–Kier alpha value is -1.32. The summed E-state index contributed by atoms with van der Waals surface area (Å²) in [5, 5.41) is 0. The molecule has 0 atom stereocenters. The normalized spacial score (nSPS) is 11.4. The number of carbonyl (C=O) groups is 2. The van der Waals surface area contributed by atoms with Crippen molar-refractivity contribution in [1.29, 1.82) is 0 Å². The van der Waals surface area contributed by atoms with Crippen molar-refractivity contribution in [2.75, 3.05) is 0 Å². The van der Waals surface area contributed by atoms with E-state index in [9.17, 15) is 9.59 Å². The number of hydrogen-bond donors (Lipinski definition) is 2. The van der Waals surface area contributed by atoms with Crippen LogP contribution in [-0.4, -0.2) is 11.8 Å². The van der Waals surface area contributed by atoms with Crippen LogP contribution in [0, 0.1) is 0 Å². The van der Waals surface area contributed by atoms with Gasteiger partial charge in [0, 0.05) is 12.8 Å². The molecular weight excluding hydrogens is 180 g/mol. The van der Waals surface area contributed by atoms with Gasteiger partial charge in [-0.05, 0) is 12.8 Å². The molecule has 0 radical (unpaired) electrons. The lowest BCUT2D eigenvalue weighted by Gasteiger charge is -2.03. The topological polar surface area (TPSA) is 86.2 Å². The van der Waals surface area contributed by atoms with Gasteiger partial charge in [0.15, 0.2) is 0 Å². The van der Waals surface area contributed by atoms with Crippen LogP contribution in [0.1, 0.15) is 39.0 Å². The van der Waals surface area contributed by atoms with Gasteiger partial charge >= 0.3 is 0 Å². The van der Waals surface area contributed by atoms with Crippen molar-refractivity contribution in [2.45, 2.75) is 39.0 Å². The summed E-state index contributed by atoms with van der Waals surface area (Å²) >= 11 is 0. The minimum Gasteiger partial charge on any atom is -0.370 e. The fourth-order valence-corrected chi connectivity index (χ4v) is 1.12. The molecule has 0 aromatic rings. The molecule has 0 aromatic carbocycles. The molecule has 0 aromatic heterocycles. The second-order valence-corrected chi connectivity index (χ2v) is 3.26. The highest BCUT2D eigenvalue weighted by Crippen LogP contribution is 2.11. The molecule has 0 bridgehead atoms. The lowest BCUT2D eigenvalue weighted by molar-refractivity contribution is -0.119. The standard InChI is InChI=1S/C10H18N2O2/c1-2-3-4-8(7-10(12)14)5-6-9(11)13/h4H,2-3,5-7H2,1H3,(H2,11,13)(H2,12,14). The molecule has 0 spiro atoms. The van der Waals surface area contributed by atoms with E-state index in [0.717, 1.165) is 18.4 Å². The number of primary amides is 2. The van der Waals surface area contributed by atoms with Gasteiger partial charge in [0.2, 0.25) is 11.8 Å². The van der Waals surface area contributed by atoms with Crippen LogP contribution < -0.4 is 11.5 Å². The Morgan fingerprint density at radius 1 is 1.14 bits per heavy atom. The molecule has 0 unspecified atom stereocenters. The van der Waals surface area contributed by atoms with E-state index >= 15 is 0 Å². The number of amides is 2. The molecule has 2 amide bonds. The molecule has 0 aliphatic carbocycles. The summed E-state index contributed by atoms with van der Waals surface area (Å²) in [5.74, 6) is -0.714. The van der Waals surface area contributed by atoms with E-state index in [1.165, 1.54) is 0 Å². The third kappa shape index (κ3) is 7.34. The van der Waals surface area contributed by atoms with Gasteiger partial charge in [0.25, 0.3) is 0 Å². The third-order valence-electron chi connectivity index (χ3n) is 1.82. The van der Waals surface area contributed by atoms with Crippen LogP contribution in [0.2, 0.25) is 0 Å². The van der Waals surface area contributed by atoms with E-state index in [2.05, 4.69) is 0 Å². The molecule has 0 aliphatic heterocycles. The molecule has 0 saturated carbocycles. The Morgan fingerprint density at radius 2 is 1.79 bits per heavy atom. The Balaban J connectivity index is 4.10. The predicted octanol–water partition coefficient (Wildman–Crippen LogP) is 0.854. The molecule has 4 heteroatoms. The van der Waals surface area contributed by atoms with E-state index in [1.54, 1.807) is 0 Å². The maximum atomic E-state index is 10.7. The number of hydrogen-bond acceptors (Lipinski definition) is 2. The van der Waals surface area contributed by atoms with Crippen molar-refractivity contribution in [2.24, 2.45) is 11.5 Å². The number of allylic oxidation sites excluding steroid dienone is 1. The molecular formula is C10H18N2O2. The minimum absolute atomic E-state index is 0.229. The van der Waals surface area contributed by atoms with E-state index in [1.807, 2.05) is 13.0 Å². The van der Waals surface area contributed by atoms with Crippen molar-refractivity contribution in [3.8, 4) is 0 Å². The van der Waals surface area contributed by atoms with Crippen molar-refractivity contribution in [3.05, 3.63) is 11.6 Å². The van der Waals surface area contributed by atoms with Gasteiger partial charge in [-0.1, -0.05) is 25.0 Å². The van der Waals surface area contributed by atoms with Crippen molar-refractivity contribution in [1.82, 2.24) is 0 Å². The summed E-state index contributed by atoms with van der Waals surface area (Å²) in [6.45, 7) is 2.05. The quantitative estimate of drug-likeness (QED) is 0.594. The summed E-state index contributed by atoms with van der Waals surface area (Å²) in [5.41, 5.74) is 11.0. The summed E-state index contributed by atoms with van der Waals surface area (Å²) in [7, 11) is 0. The SMILES string of the molecule is CCCC=C(CCC(N)=O)CC(N)=O. The van der Waals surface area contributed by atoms with Crippen LogP contribution >= 0.6 is 0 Å². The van der Waals surface area contributed by atoms with Crippen LogP contribution in [0.25, 0.3) is 0 Å². The van der Waals surface area contributed by atoms with Crippen LogP contribution in [-0.2, 0) is 9.59 Å². The smallest absolute Gasteiger partial charge is 0.221 e. The largest absolute Gasteiger partial charge is 0.370 e. The number of rotatable bonds is 7. The van der Waals surface area contributed by atoms with Crippen molar-refractivity contribution < 1.29 is 9.59 Å². The number of unbranched alkanes of at least 4 members (excludes halogenated alkanes) is 1. The predicted molar refractivity (Wildman–Crippen MR) is 55.2 cm³/mol. The third-order valence-corrected chi connectivity index (χ3v) is 1.82. The Kier molecular flexibility index (Phi) is 6.45. The first kappa shape index (κ1) is 12.7. The highest BCUT2D eigenvalue weighted by molar-refractivity contribution is 5.77. The first-order valence-corrected chi connectivity index (χ1v) is 4.80. The van der Waals surface area contributed by atoms with Crippen molar-refractivity contribution >= 4 is 11.8 Å². The highest BCUT2D eigenvalue weighted by Gasteiger charge is 2.03. The summed E-state index contributed by atoms with van der Waals surface area (Å²) < 4.78 is 0. The molecule has 4 N–H and O–H groups in total. The fraction of sp³-hybridized carbons (Fsp3) is 0.600. The number of nitrogens with two attached hydrogens (primary N) is 2. The van der Waals surface area contributed by atoms with Gasteiger partial charge in [-0.15, -0.1) is 0 Å². The highest BCUT2D eigenvalue weighted by atomic mass is 16.1. The van der Waals surface area contributed by atoms with Gasteiger partial charge in [0.1, 0.15) is 0 Å². The average molecular weight is 198 g/mol. The monoisotopic (exact) mass is 198 g/mol. The Morgan fingerprint density at radius 3 is 2.21 bits per heavy atom. The summed E-state index contributed by atoms with van der Waals surface area (Å²) in [6, 6.07) is 0. The first-order valence-electron chi connectivity index (χ1n) is 4.80. The maximum absolute atomic E-state index is 10.7. The minimum atomic E-state index is -0.364. The molecule has 0 heterocycles. The second-order valence-electron chi connectivity index (χ2n) is 3.26. The van der Waals surface area contributed by atoms with Gasteiger partial charge in [-0.25, -0.2) is 0 Å². The van der Waals surface area contributed by atoms with E-state index in [0.29, 0.717) is 6.42 Å². The second kappa shape index (κ2) is 7.12. The zero-order valence-corrected chi connectivity index (χ0v) is 8.58. The van der Waals surface area contributed by atoms with Gasteiger partial charge in [0.05, 0.1) is 0 Å². The van der Waals surface area contributed by atoms with E-state index in [-0.39, 0.29) is 24.7 Å². The summed E-state index contributed by atoms with van der Waals surface area (Å²) in [6.07, 6.45) is 4.93. The van der Waals surface area contributed by atoms with Crippen LogP contribution in [0.15, 0.2) is 11.6 Å². The van der Waals surface area contributed by atoms with Crippen LogP contribution in [0.4, 0.5) is 0 Å². The van der Waals surface area contributed by atoms with Gasteiger partial charge in [-0.2, -0.15) is 0 Å². The first-order chi connectivity index (χ1) is 6.56. The maximum Gasteiger partial charge on any atom is 0.221 e. The zero-order chi connectivity index (χ0) is 11.0. The van der Waals surface area contributed by atoms with Gasteiger partial charge < -0.3 is 11.5 Å². The van der Waals surface area contributed by atoms with E-state index < -0.39 is 0 Å². The molecule has 0 aliphatic rings.